The van der Waals surface area contributed by atoms with Gasteiger partial charge in [0.15, 0.2) is 0 Å². The number of nitrogens with one attached hydrogen (secondary N) is 2. The van der Waals surface area contributed by atoms with Gasteiger partial charge in [0.2, 0.25) is 5.95 Å². The average Bonchev–Trinajstić information content (AvgIpc) is 2.64. The van der Waals surface area contributed by atoms with Crippen molar-refractivity contribution in [3.63, 3.8) is 0 Å². The van der Waals surface area contributed by atoms with E-state index >= 15 is 0 Å². The number of benzene rings is 2. The van der Waals surface area contributed by atoms with Crippen molar-refractivity contribution in [3.8, 4) is 0 Å². The molecule has 7 heteroatoms. The Morgan fingerprint density at radius 1 is 1.11 bits per heavy atom. The first-order valence-electron chi connectivity index (χ1n) is 8.59. The minimum atomic E-state index is -0.411. The van der Waals surface area contributed by atoms with E-state index in [1.165, 1.54) is 0 Å². The summed E-state index contributed by atoms with van der Waals surface area (Å²) in [6, 6.07) is 16.3. The van der Waals surface area contributed by atoms with Gasteiger partial charge in [-0.2, -0.15) is 0 Å². The van der Waals surface area contributed by atoms with E-state index in [1.807, 2.05) is 30.3 Å². The fourth-order valence-corrected chi connectivity index (χ4v) is 2.46. The van der Waals surface area contributed by atoms with Crippen LogP contribution >= 0.6 is 0 Å². The van der Waals surface area contributed by atoms with Crippen LogP contribution in [0.1, 0.15) is 35.5 Å². The molecule has 138 valence electrons. The Hall–Kier alpha value is -3.48. The predicted molar refractivity (Wildman–Crippen MR) is 102 cm³/mol. The first-order chi connectivity index (χ1) is 13.0. The molecule has 0 saturated carbocycles. The number of carbonyl (C=O) groups is 1. The number of ether oxygens (including phenoxy) is 1. The Labute approximate surface area is 156 Å². The molecular formula is C20H20N4O3. The van der Waals surface area contributed by atoms with Gasteiger partial charge in [0, 0.05) is 12.1 Å². The number of nitrogens with zero attached hydrogens (tertiary/aromatic N) is 2. The van der Waals surface area contributed by atoms with E-state index in [-0.39, 0.29) is 17.6 Å². The highest BCUT2D eigenvalue weighted by atomic mass is 16.5. The fourth-order valence-electron chi connectivity index (χ4n) is 2.46. The number of H-pyrrole nitrogens is 1. The largest absolute Gasteiger partial charge is 0.459 e. The van der Waals surface area contributed by atoms with Gasteiger partial charge in [0.1, 0.15) is 5.69 Å². The van der Waals surface area contributed by atoms with Crippen LogP contribution in [0, 0.1) is 0 Å². The van der Waals surface area contributed by atoms with Gasteiger partial charge in [0.25, 0.3) is 5.56 Å². The number of aromatic nitrogens is 3. The average molecular weight is 364 g/mol. The van der Waals surface area contributed by atoms with Crippen molar-refractivity contribution in [1.29, 1.82) is 0 Å². The van der Waals surface area contributed by atoms with Gasteiger partial charge in [-0.3, -0.25) is 9.78 Å². The number of hydrogen-bond acceptors (Lipinski definition) is 6. The molecule has 0 spiro atoms. The van der Waals surface area contributed by atoms with Crippen LogP contribution in [0.2, 0.25) is 0 Å². The van der Waals surface area contributed by atoms with E-state index in [2.05, 4.69) is 20.5 Å². The summed E-state index contributed by atoms with van der Waals surface area (Å²) < 4.78 is 5.18. The lowest BCUT2D eigenvalue weighted by Crippen LogP contribution is -2.19. The molecular weight excluding hydrogens is 344 g/mol. The molecule has 7 nitrogen and oxygen atoms in total. The summed E-state index contributed by atoms with van der Waals surface area (Å²) in [6.45, 7) is 3.58. The molecule has 0 amide bonds. The van der Waals surface area contributed by atoms with Crippen molar-refractivity contribution < 1.29 is 9.53 Å². The van der Waals surface area contributed by atoms with Crippen LogP contribution < -0.4 is 10.9 Å². The Balaban J connectivity index is 1.74. The number of aromatic amines is 1. The summed E-state index contributed by atoms with van der Waals surface area (Å²) in [6.07, 6.45) is 0.202. The molecule has 27 heavy (non-hydrogen) atoms. The second-order valence-corrected chi connectivity index (χ2v) is 6.27. The highest BCUT2D eigenvalue weighted by Crippen LogP contribution is 2.15. The molecule has 0 atom stereocenters. The Morgan fingerprint density at radius 2 is 1.89 bits per heavy atom. The molecule has 0 bridgehead atoms. The van der Waals surface area contributed by atoms with Gasteiger partial charge in [-0.1, -0.05) is 36.4 Å². The monoisotopic (exact) mass is 364 g/mol. The maximum atomic E-state index is 12.3. The van der Waals surface area contributed by atoms with Gasteiger partial charge >= 0.3 is 5.97 Å². The van der Waals surface area contributed by atoms with Crippen LogP contribution in [0.25, 0.3) is 0 Å². The Kier molecular flexibility index (Phi) is 5.61. The summed E-state index contributed by atoms with van der Waals surface area (Å²) in [4.78, 5) is 26.9. The lowest BCUT2D eigenvalue weighted by atomic mass is 10.1. The quantitative estimate of drug-likeness (QED) is 0.653. The summed E-state index contributed by atoms with van der Waals surface area (Å²) in [5.74, 6) is -0.211. The van der Waals surface area contributed by atoms with E-state index in [9.17, 15) is 9.59 Å². The van der Waals surface area contributed by atoms with Crippen molar-refractivity contribution >= 4 is 17.6 Å². The van der Waals surface area contributed by atoms with E-state index in [0.29, 0.717) is 23.4 Å². The number of anilines is 2. The maximum absolute atomic E-state index is 12.3. The van der Waals surface area contributed by atoms with E-state index < -0.39 is 5.97 Å². The van der Waals surface area contributed by atoms with Crippen LogP contribution in [-0.4, -0.2) is 27.3 Å². The summed E-state index contributed by atoms with van der Waals surface area (Å²) >= 11 is 0. The van der Waals surface area contributed by atoms with Crippen LogP contribution in [0.3, 0.4) is 0 Å². The second kappa shape index (κ2) is 8.27. The minimum Gasteiger partial charge on any atom is -0.459 e. The molecule has 2 aromatic carbocycles. The van der Waals surface area contributed by atoms with E-state index in [0.717, 1.165) is 5.56 Å². The van der Waals surface area contributed by atoms with Crippen LogP contribution in [0.4, 0.5) is 11.6 Å². The lowest BCUT2D eigenvalue weighted by Gasteiger charge is -2.10. The summed E-state index contributed by atoms with van der Waals surface area (Å²) in [5, 5.41) is 11.0. The third kappa shape index (κ3) is 5.01. The standard InChI is InChI=1S/C20H20N4O3/c1-13(2)27-19(26)15-9-6-10-16(12-15)21-20-22-18(25)17(23-24-20)11-14-7-4-3-5-8-14/h3-10,12-13H,11H2,1-2H3,(H2,21,22,24,25). The SMILES string of the molecule is CC(C)OC(=O)c1cccc(Nc2nnc(Cc3ccccc3)c(=O)[nH]2)c1. The molecule has 3 rings (SSSR count). The molecule has 1 heterocycles. The summed E-state index contributed by atoms with van der Waals surface area (Å²) in [7, 11) is 0. The minimum absolute atomic E-state index is 0.200. The molecule has 0 aliphatic carbocycles. The maximum Gasteiger partial charge on any atom is 0.338 e. The smallest absolute Gasteiger partial charge is 0.338 e. The lowest BCUT2D eigenvalue weighted by molar-refractivity contribution is 0.0378. The number of carbonyl (C=O) groups excluding carboxylic acids is 1. The number of hydrogen-bond donors (Lipinski definition) is 2. The first-order valence-corrected chi connectivity index (χ1v) is 8.59. The van der Waals surface area contributed by atoms with Crippen molar-refractivity contribution in [3.05, 3.63) is 81.8 Å². The van der Waals surface area contributed by atoms with Crippen molar-refractivity contribution in [2.24, 2.45) is 0 Å². The van der Waals surface area contributed by atoms with E-state index in [4.69, 9.17) is 4.74 Å². The molecule has 0 aliphatic rings. The number of rotatable bonds is 6. The highest BCUT2D eigenvalue weighted by Gasteiger charge is 2.11. The highest BCUT2D eigenvalue weighted by molar-refractivity contribution is 5.90. The normalized spacial score (nSPS) is 10.6. The first kappa shape index (κ1) is 18.3. The molecule has 0 unspecified atom stereocenters. The van der Waals surface area contributed by atoms with Gasteiger partial charge < -0.3 is 10.1 Å². The van der Waals surface area contributed by atoms with Crippen LogP contribution in [0.5, 0.6) is 0 Å². The van der Waals surface area contributed by atoms with Crippen LogP contribution in [-0.2, 0) is 11.2 Å². The molecule has 2 N–H and O–H groups in total. The van der Waals surface area contributed by atoms with Crippen molar-refractivity contribution in [1.82, 2.24) is 15.2 Å². The molecule has 1 aromatic heterocycles. The number of esters is 1. The third-order valence-corrected chi connectivity index (χ3v) is 3.68. The third-order valence-electron chi connectivity index (χ3n) is 3.68. The zero-order valence-electron chi connectivity index (χ0n) is 15.1. The second-order valence-electron chi connectivity index (χ2n) is 6.27. The zero-order chi connectivity index (χ0) is 19.2. The van der Waals surface area contributed by atoms with Crippen LogP contribution in [0.15, 0.2) is 59.4 Å². The molecule has 3 aromatic rings. The Morgan fingerprint density at radius 3 is 2.59 bits per heavy atom. The van der Waals surface area contributed by atoms with E-state index in [1.54, 1.807) is 38.1 Å². The summed E-state index contributed by atoms with van der Waals surface area (Å²) in [5.41, 5.74) is 2.00. The Bertz CT molecular complexity index is 984. The predicted octanol–water partition coefficient (Wildman–Crippen LogP) is 3.06. The van der Waals surface area contributed by atoms with Crippen molar-refractivity contribution in [2.75, 3.05) is 5.32 Å². The zero-order valence-corrected chi connectivity index (χ0v) is 15.1. The molecule has 0 saturated heterocycles. The topological polar surface area (TPSA) is 97.0 Å². The molecule has 0 fully saturated rings. The van der Waals surface area contributed by atoms with Gasteiger partial charge in [0.05, 0.1) is 11.7 Å². The van der Waals surface area contributed by atoms with Gasteiger partial charge in [-0.05, 0) is 37.6 Å². The fraction of sp³-hybridized carbons (Fsp3) is 0.200. The molecule has 0 radical (unpaired) electrons. The van der Waals surface area contributed by atoms with Crippen molar-refractivity contribution in [2.45, 2.75) is 26.4 Å². The van der Waals surface area contributed by atoms with Gasteiger partial charge in [-0.15, -0.1) is 10.2 Å². The van der Waals surface area contributed by atoms with Gasteiger partial charge in [-0.25, -0.2) is 4.79 Å². The molecule has 0 aliphatic heterocycles.